The molecule has 0 saturated carbocycles. The number of H-pyrrole nitrogens is 1. The number of hydrogen-bond acceptors (Lipinski definition) is 3. The molecule has 0 atom stereocenters. The Kier molecular flexibility index (Phi) is 3.46. The molecule has 0 unspecified atom stereocenters. The number of anilines is 1. The second-order valence-electron chi connectivity index (χ2n) is 4.07. The molecule has 2 rings (SSSR count). The van der Waals surface area contributed by atoms with Crippen molar-refractivity contribution < 1.29 is 21.6 Å². The van der Waals surface area contributed by atoms with Gasteiger partial charge in [0.1, 0.15) is 4.90 Å². The Morgan fingerprint density at radius 1 is 1.30 bits per heavy atom. The maximum atomic E-state index is 12.7. The standard InChI is InChI=1S/C11H10F3N3O2S/c1-7-2-3-8(4-10(7)11(12,13)14)17-20(18,19)9-5-15-16-6-9/h2-6,17H,1H3,(H,15,16). The van der Waals surface area contributed by atoms with Gasteiger partial charge >= 0.3 is 6.18 Å². The van der Waals surface area contributed by atoms with Crippen molar-refractivity contribution in [2.45, 2.75) is 18.0 Å². The van der Waals surface area contributed by atoms with Crippen LogP contribution >= 0.6 is 0 Å². The van der Waals surface area contributed by atoms with Crippen LogP contribution < -0.4 is 4.72 Å². The fraction of sp³-hybridized carbons (Fsp3) is 0.182. The number of alkyl halides is 3. The summed E-state index contributed by atoms with van der Waals surface area (Å²) < 4.78 is 64.0. The van der Waals surface area contributed by atoms with E-state index in [0.29, 0.717) is 0 Å². The molecule has 2 aromatic rings. The lowest BCUT2D eigenvalue weighted by Crippen LogP contribution is -2.14. The van der Waals surface area contributed by atoms with Gasteiger partial charge in [-0.25, -0.2) is 8.42 Å². The van der Waals surface area contributed by atoms with Gasteiger partial charge < -0.3 is 0 Å². The number of aryl methyl sites for hydroxylation is 1. The summed E-state index contributed by atoms with van der Waals surface area (Å²) in [6, 6.07) is 3.23. The van der Waals surface area contributed by atoms with Crippen molar-refractivity contribution >= 4 is 15.7 Å². The quantitative estimate of drug-likeness (QED) is 0.915. The third-order valence-corrected chi connectivity index (χ3v) is 3.93. The highest BCUT2D eigenvalue weighted by Gasteiger charge is 2.32. The zero-order chi connectivity index (χ0) is 15.0. The molecule has 0 bridgehead atoms. The predicted molar refractivity (Wildman–Crippen MR) is 65.6 cm³/mol. The summed E-state index contributed by atoms with van der Waals surface area (Å²) in [4.78, 5) is -0.161. The summed E-state index contributed by atoms with van der Waals surface area (Å²) in [6.45, 7) is 1.30. The third-order valence-electron chi connectivity index (χ3n) is 2.58. The van der Waals surface area contributed by atoms with Gasteiger partial charge in [-0.1, -0.05) is 6.07 Å². The van der Waals surface area contributed by atoms with Crippen LogP contribution in [0.1, 0.15) is 11.1 Å². The van der Waals surface area contributed by atoms with E-state index in [4.69, 9.17) is 0 Å². The van der Waals surface area contributed by atoms with E-state index in [0.717, 1.165) is 18.5 Å². The molecule has 1 aromatic heterocycles. The van der Waals surface area contributed by atoms with E-state index < -0.39 is 21.8 Å². The van der Waals surface area contributed by atoms with Crippen molar-refractivity contribution in [3.8, 4) is 0 Å². The van der Waals surface area contributed by atoms with Gasteiger partial charge in [-0.15, -0.1) is 0 Å². The molecule has 0 aliphatic heterocycles. The van der Waals surface area contributed by atoms with E-state index in [-0.39, 0.29) is 16.1 Å². The Hall–Kier alpha value is -2.03. The number of rotatable bonds is 3. The molecule has 2 N–H and O–H groups in total. The zero-order valence-corrected chi connectivity index (χ0v) is 11.0. The van der Waals surface area contributed by atoms with Crippen LogP contribution in [-0.4, -0.2) is 18.6 Å². The van der Waals surface area contributed by atoms with Gasteiger partial charge in [0.15, 0.2) is 0 Å². The van der Waals surface area contributed by atoms with Gasteiger partial charge in [-0.2, -0.15) is 18.3 Å². The molecule has 0 saturated heterocycles. The van der Waals surface area contributed by atoms with Crippen LogP contribution in [0.3, 0.4) is 0 Å². The number of nitrogens with zero attached hydrogens (tertiary/aromatic N) is 1. The number of halogens is 3. The van der Waals surface area contributed by atoms with Crippen molar-refractivity contribution in [1.82, 2.24) is 10.2 Å². The fourth-order valence-electron chi connectivity index (χ4n) is 1.59. The molecular formula is C11H10F3N3O2S. The minimum Gasteiger partial charge on any atom is -0.284 e. The Morgan fingerprint density at radius 3 is 2.55 bits per heavy atom. The second kappa shape index (κ2) is 4.82. The van der Waals surface area contributed by atoms with Crippen LogP contribution in [0.25, 0.3) is 0 Å². The molecule has 0 fully saturated rings. The summed E-state index contributed by atoms with van der Waals surface area (Å²) in [5, 5.41) is 5.79. The lowest BCUT2D eigenvalue weighted by molar-refractivity contribution is -0.138. The first kappa shape index (κ1) is 14.4. The SMILES string of the molecule is Cc1ccc(NS(=O)(=O)c2cn[nH]c2)cc1C(F)(F)F. The lowest BCUT2D eigenvalue weighted by Gasteiger charge is -2.13. The Morgan fingerprint density at radius 2 is 2.00 bits per heavy atom. The summed E-state index contributed by atoms with van der Waals surface area (Å²) in [7, 11) is -3.96. The van der Waals surface area contributed by atoms with E-state index in [2.05, 4.69) is 14.9 Å². The van der Waals surface area contributed by atoms with Crippen molar-refractivity contribution in [2.24, 2.45) is 0 Å². The monoisotopic (exact) mass is 305 g/mol. The van der Waals surface area contributed by atoms with E-state index in [1.807, 2.05) is 0 Å². The number of aromatic amines is 1. The molecule has 0 radical (unpaired) electrons. The number of benzene rings is 1. The van der Waals surface area contributed by atoms with Crippen LogP contribution in [-0.2, 0) is 16.2 Å². The number of hydrogen-bond donors (Lipinski definition) is 2. The molecule has 1 aromatic carbocycles. The molecule has 0 spiro atoms. The minimum absolute atomic E-state index is 0.0174. The lowest BCUT2D eigenvalue weighted by atomic mass is 10.1. The van der Waals surface area contributed by atoms with E-state index in [1.165, 1.54) is 19.1 Å². The molecule has 20 heavy (non-hydrogen) atoms. The largest absolute Gasteiger partial charge is 0.416 e. The minimum atomic E-state index is -4.54. The molecule has 0 aliphatic carbocycles. The van der Waals surface area contributed by atoms with Crippen LogP contribution in [0.4, 0.5) is 18.9 Å². The summed E-state index contributed by atoms with van der Waals surface area (Å²) in [6.07, 6.45) is -2.36. The highest BCUT2D eigenvalue weighted by Crippen LogP contribution is 2.33. The van der Waals surface area contributed by atoms with Gasteiger partial charge in [-0.05, 0) is 24.6 Å². The normalized spacial score (nSPS) is 12.4. The summed E-state index contributed by atoms with van der Waals surface area (Å²) >= 11 is 0. The smallest absolute Gasteiger partial charge is 0.284 e. The van der Waals surface area contributed by atoms with Gasteiger partial charge in [0.05, 0.1) is 11.8 Å². The molecule has 5 nitrogen and oxygen atoms in total. The van der Waals surface area contributed by atoms with E-state index >= 15 is 0 Å². The molecule has 1 heterocycles. The second-order valence-corrected chi connectivity index (χ2v) is 5.75. The number of nitrogens with one attached hydrogen (secondary N) is 2. The van der Waals surface area contributed by atoms with Crippen LogP contribution in [0.15, 0.2) is 35.5 Å². The maximum Gasteiger partial charge on any atom is 0.416 e. The van der Waals surface area contributed by atoms with Crippen LogP contribution in [0.2, 0.25) is 0 Å². The average molecular weight is 305 g/mol. The third kappa shape index (κ3) is 2.93. The van der Waals surface area contributed by atoms with Crippen molar-refractivity contribution in [1.29, 1.82) is 0 Å². The predicted octanol–water partition coefficient (Wildman–Crippen LogP) is 2.54. The van der Waals surface area contributed by atoms with Crippen molar-refractivity contribution in [3.05, 3.63) is 41.7 Å². The molecule has 108 valence electrons. The van der Waals surface area contributed by atoms with Crippen LogP contribution in [0, 0.1) is 6.92 Å². The molecule has 0 amide bonds. The van der Waals surface area contributed by atoms with Gasteiger partial charge in [0, 0.05) is 11.9 Å². The Bertz CT molecular complexity index is 709. The summed E-state index contributed by atoms with van der Waals surface area (Å²) in [5.74, 6) is 0. The Balaban J connectivity index is 2.36. The van der Waals surface area contributed by atoms with Crippen molar-refractivity contribution in [3.63, 3.8) is 0 Å². The molecule has 0 aliphatic rings. The number of sulfonamides is 1. The first-order chi connectivity index (χ1) is 9.20. The first-order valence-corrected chi connectivity index (χ1v) is 6.88. The fourth-order valence-corrected chi connectivity index (χ4v) is 2.55. The number of aromatic nitrogens is 2. The van der Waals surface area contributed by atoms with Gasteiger partial charge in [0.2, 0.25) is 0 Å². The highest BCUT2D eigenvalue weighted by atomic mass is 32.2. The first-order valence-electron chi connectivity index (χ1n) is 5.39. The summed E-state index contributed by atoms with van der Waals surface area (Å²) in [5.41, 5.74) is -1.03. The molecule has 9 heteroatoms. The average Bonchev–Trinajstić information content (AvgIpc) is 2.84. The maximum absolute atomic E-state index is 12.7. The zero-order valence-electron chi connectivity index (χ0n) is 10.2. The van der Waals surface area contributed by atoms with Crippen molar-refractivity contribution in [2.75, 3.05) is 4.72 Å². The van der Waals surface area contributed by atoms with Gasteiger partial charge in [0.25, 0.3) is 10.0 Å². The molecular weight excluding hydrogens is 295 g/mol. The van der Waals surface area contributed by atoms with E-state index in [1.54, 1.807) is 0 Å². The van der Waals surface area contributed by atoms with Crippen LogP contribution in [0.5, 0.6) is 0 Å². The highest BCUT2D eigenvalue weighted by molar-refractivity contribution is 7.92. The topological polar surface area (TPSA) is 74.8 Å². The Labute approximate surface area is 112 Å². The van der Waals surface area contributed by atoms with Gasteiger partial charge in [-0.3, -0.25) is 9.82 Å². The van der Waals surface area contributed by atoms with E-state index in [9.17, 15) is 21.6 Å².